The molecule has 0 unspecified atom stereocenters. The third-order valence-corrected chi connectivity index (χ3v) is 6.18. The number of rotatable bonds is 5. The smallest absolute Gasteiger partial charge is 0.332 e. The number of ketones is 1. The molecule has 0 aliphatic carbocycles. The summed E-state index contributed by atoms with van der Waals surface area (Å²) in [5, 5.41) is 5.12. The Kier molecular flexibility index (Phi) is 5.47. The maximum Gasteiger partial charge on any atom is 0.332 e. The summed E-state index contributed by atoms with van der Waals surface area (Å²) in [6.07, 6.45) is 0. The summed E-state index contributed by atoms with van der Waals surface area (Å²) in [6.45, 7) is 3.88. The first-order valence-corrected chi connectivity index (χ1v) is 10.8. The summed E-state index contributed by atoms with van der Waals surface area (Å²) in [4.78, 5) is 42.2. The Hall–Kier alpha value is -3.66. The predicted octanol–water partition coefficient (Wildman–Crippen LogP) is 1.97. The minimum Gasteiger partial charge on any atom is -0.384 e. The van der Waals surface area contributed by atoms with Crippen LogP contribution in [0.25, 0.3) is 16.8 Å². The van der Waals surface area contributed by atoms with Gasteiger partial charge in [0.25, 0.3) is 5.56 Å². The number of carbonyl (C=O) groups is 1. The molecule has 3 aromatic heterocycles. The summed E-state index contributed by atoms with van der Waals surface area (Å²) in [6, 6.07) is 11.7. The Bertz CT molecular complexity index is 1480. The number of anilines is 1. The van der Waals surface area contributed by atoms with Gasteiger partial charge in [-0.2, -0.15) is 5.10 Å². The standard InChI is InChI=1S/C22H22N6O3S/c1-12-10-13(2)25-28-18(12)17(14-8-6-5-7-9-14)24-21(28)32-11-15(29)16-19(23)26(3)22(31)27(4)20(16)30/h5-10H,11,23H2,1-4H3. The van der Waals surface area contributed by atoms with Crippen LogP contribution in [-0.4, -0.2) is 35.3 Å². The molecule has 0 spiro atoms. The van der Waals surface area contributed by atoms with Crippen LogP contribution in [0.2, 0.25) is 0 Å². The molecule has 32 heavy (non-hydrogen) atoms. The molecule has 0 fully saturated rings. The normalized spacial score (nSPS) is 11.2. The number of hydrogen-bond acceptors (Lipinski definition) is 7. The Morgan fingerprint density at radius 2 is 1.78 bits per heavy atom. The Morgan fingerprint density at radius 1 is 1.09 bits per heavy atom. The van der Waals surface area contributed by atoms with E-state index < -0.39 is 17.0 Å². The van der Waals surface area contributed by atoms with E-state index in [0.29, 0.717) is 5.16 Å². The van der Waals surface area contributed by atoms with E-state index in [2.05, 4.69) is 5.10 Å². The molecule has 0 atom stereocenters. The minimum absolute atomic E-state index is 0.0837. The molecular formula is C22H22N6O3S. The van der Waals surface area contributed by atoms with E-state index in [0.717, 1.165) is 37.2 Å². The van der Waals surface area contributed by atoms with Crippen molar-refractivity contribution >= 4 is 28.9 Å². The van der Waals surface area contributed by atoms with Crippen molar-refractivity contribution in [2.24, 2.45) is 14.1 Å². The predicted molar refractivity (Wildman–Crippen MR) is 124 cm³/mol. The number of fused-ring (bicyclic) bond motifs is 1. The number of nitrogen functional groups attached to an aromatic ring is 1. The highest BCUT2D eigenvalue weighted by Crippen LogP contribution is 2.31. The van der Waals surface area contributed by atoms with Gasteiger partial charge in [0.1, 0.15) is 11.4 Å². The lowest BCUT2D eigenvalue weighted by Gasteiger charge is -2.10. The summed E-state index contributed by atoms with van der Waals surface area (Å²) < 4.78 is 3.69. The number of hydrogen-bond donors (Lipinski definition) is 1. The van der Waals surface area contributed by atoms with Crippen LogP contribution in [0.3, 0.4) is 0 Å². The zero-order valence-electron chi connectivity index (χ0n) is 18.1. The zero-order valence-corrected chi connectivity index (χ0v) is 18.9. The van der Waals surface area contributed by atoms with E-state index in [4.69, 9.17) is 10.7 Å². The first-order valence-electron chi connectivity index (χ1n) is 9.84. The first-order chi connectivity index (χ1) is 15.2. The van der Waals surface area contributed by atoms with Gasteiger partial charge in [0.05, 0.1) is 22.7 Å². The maximum atomic E-state index is 12.9. The molecule has 10 heteroatoms. The fourth-order valence-corrected chi connectivity index (χ4v) is 4.44. The van der Waals surface area contributed by atoms with E-state index in [1.165, 1.54) is 25.9 Å². The van der Waals surface area contributed by atoms with Gasteiger partial charge >= 0.3 is 5.69 Å². The second-order valence-corrected chi connectivity index (χ2v) is 8.46. The number of aromatic nitrogens is 5. The number of benzene rings is 1. The summed E-state index contributed by atoms with van der Waals surface area (Å²) in [5.41, 5.74) is 8.81. The molecular weight excluding hydrogens is 428 g/mol. The van der Waals surface area contributed by atoms with Crippen molar-refractivity contribution in [1.29, 1.82) is 0 Å². The van der Waals surface area contributed by atoms with E-state index >= 15 is 0 Å². The molecule has 4 rings (SSSR count). The largest absolute Gasteiger partial charge is 0.384 e. The van der Waals surface area contributed by atoms with Gasteiger partial charge in [0, 0.05) is 19.7 Å². The van der Waals surface area contributed by atoms with Crippen LogP contribution in [0, 0.1) is 13.8 Å². The van der Waals surface area contributed by atoms with Gasteiger partial charge in [-0.25, -0.2) is 14.3 Å². The Balaban J connectivity index is 1.76. The fraction of sp³-hybridized carbons (Fsp3) is 0.227. The highest BCUT2D eigenvalue weighted by Gasteiger charge is 2.22. The van der Waals surface area contributed by atoms with E-state index in [1.54, 1.807) is 4.52 Å². The van der Waals surface area contributed by atoms with E-state index in [9.17, 15) is 14.4 Å². The molecule has 0 saturated heterocycles. The number of nitrogens with two attached hydrogens (primary N) is 1. The number of carbonyl (C=O) groups excluding carboxylic acids is 1. The summed E-state index contributed by atoms with van der Waals surface area (Å²) >= 11 is 1.17. The topological polar surface area (TPSA) is 117 Å². The lowest BCUT2D eigenvalue weighted by Crippen LogP contribution is -2.41. The van der Waals surface area contributed by atoms with Gasteiger partial charge in [-0.05, 0) is 25.5 Å². The highest BCUT2D eigenvalue weighted by molar-refractivity contribution is 7.99. The lowest BCUT2D eigenvalue weighted by atomic mass is 10.1. The number of nitrogens with zero attached hydrogens (tertiary/aromatic N) is 5. The molecule has 164 valence electrons. The van der Waals surface area contributed by atoms with E-state index in [1.807, 2.05) is 50.2 Å². The Morgan fingerprint density at radius 3 is 2.47 bits per heavy atom. The molecule has 0 radical (unpaired) electrons. The molecule has 0 saturated carbocycles. The van der Waals surface area contributed by atoms with Crippen LogP contribution in [0.1, 0.15) is 21.6 Å². The lowest BCUT2D eigenvalue weighted by molar-refractivity contribution is 0.102. The van der Waals surface area contributed by atoms with Crippen LogP contribution in [-0.2, 0) is 14.1 Å². The van der Waals surface area contributed by atoms with Crippen LogP contribution < -0.4 is 17.0 Å². The zero-order chi connectivity index (χ0) is 23.2. The maximum absolute atomic E-state index is 12.9. The number of imidazole rings is 1. The molecule has 2 N–H and O–H groups in total. The van der Waals surface area contributed by atoms with Crippen LogP contribution in [0.4, 0.5) is 5.82 Å². The molecule has 0 aliphatic heterocycles. The van der Waals surface area contributed by atoms with Crippen molar-refractivity contribution in [2.45, 2.75) is 19.0 Å². The fourth-order valence-electron chi connectivity index (χ4n) is 3.62. The van der Waals surface area contributed by atoms with E-state index in [-0.39, 0.29) is 17.1 Å². The van der Waals surface area contributed by atoms with Gasteiger partial charge < -0.3 is 5.73 Å². The van der Waals surface area contributed by atoms with Gasteiger partial charge in [-0.15, -0.1) is 0 Å². The van der Waals surface area contributed by atoms with Gasteiger partial charge in [0.2, 0.25) is 0 Å². The van der Waals surface area contributed by atoms with Crippen molar-refractivity contribution in [3.8, 4) is 11.3 Å². The molecule has 0 bridgehead atoms. The van der Waals surface area contributed by atoms with Crippen molar-refractivity contribution < 1.29 is 4.79 Å². The van der Waals surface area contributed by atoms with Crippen molar-refractivity contribution in [2.75, 3.05) is 11.5 Å². The second kappa shape index (κ2) is 8.12. The van der Waals surface area contributed by atoms with Crippen molar-refractivity contribution in [1.82, 2.24) is 23.7 Å². The first kappa shape index (κ1) is 21.6. The molecule has 0 amide bonds. The Labute approximate surface area is 187 Å². The average Bonchev–Trinajstić information content (AvgIpc) is 3.14. The van der Waals surface area contributed by atoms with Crippen molar-refractivity contribution in [3.05, 3.63) is 74.1 Å². The van der Waals surface area contributed by atoms with Crippen LogP contribution in [0.15, 0.2) is 51.1 Å². The third kappa shape index (κ3) is 3.52. The molecule has 3 heterocycles. The van der Waals surface area contributed by atoms with Crippen LogP contribution >= 0.6 is 11.8 Å². The molecule has 0 aliphatic rings. The van der Waals surface area contributed by atoms with Crippen molar-refractivity contribution in [3.63, 3.8) is 0 Å². The van der Waals surface area contributed by atoms with Gasteiger partial charge in [0.15, 0.2) is 10.9 Å². The molecule has 9 nitrogen and oxygen atoms in total. The monoisotopic (exact) mass is 450 g/mol. The summed E-state index contributed by atoms with van der Waals surface area (Å²) in [5.74, 6) is -0.711. The summed E-state index contributed by atoms with van der Waals surface area (Å²) in [7, 11) is 2.74. The third-order valence-electron chi connectivity index (χ3n) is 5.25. The van der Waals surface area contributed by atoms with Gasteiger partial charge in [-0.3, -0.25) is 18.7 Å². The number of aryl methyl sites for hydroxylation is 2. The second-order valence-electron chi connectivity index (χ2n) is 7.52. The number of thioether (sulfide) groups is 1. The van der Waals surface area contributed by atoms with Gasteiger partial charge in [-0.1, -0.05) is 42.1 Å². The van der Waals surface area contributed by atoms with Crippen LogP contribution in [0.5, 0.6) is 0 Å². The molecule has 4 aromatic rings. The number of Topliss-reactive ketones (excluding diaryl/α,β-unsaturated/α-hetero) is 1. The quantitative estimate of drug-likeness (QED) is 0.365. The SMILES string of the molecule is Cc1cc(C)c2c(-c3ccccc3)nc(SCC(=O)c3c(N)n(C)c(=O)n(C)c3=O)n2n1. The minimum atomic E-state index is -0.709. The molecule has 1 aromatic carbocycles. The highest BCUT2D eigenvalue weighted by atomic mass is 32.2. The average molecular weight is 451 g/mol.